The van der Waals surface area contributed by atoms with Crippen LogP contribution in [0.4, 0.5) is 5.69 Å². The first-order valence-electron chi connectivity index (χ1n) is 10.8. The standard InChI is InChI=1S/C26H27N3O5/c1-5-32-26(31)22-17(4)34-25(28)20(13-27)23(22)18-10-7-11-19(12-18)33-14-21(30)29-24-15(2)8-6-9-16(24)3/h6-12,23H,5,14,28H2,1-4H3,(H,29,30). The number of allylic oxidation sites excluding steroid dienone is 2. The molecule has 1 aliphatic heterocycles. The Morgan fingerprint density at radius 3 is 2.47 bits per heavy atom. The van der Waals surface area contributed by atoms with E-state index in [0.29, 0.717) is 11.3 Å². The molecule has 1 heterocycles. The minimum atomic E-state index is -0.787. The van der Waals surface area contributed by atoms with Crippen LogP contribution in [-0.2, 0) is 19.1 Å². The Morgan fingerprint density at radius 2 is 1.82 bits per heavy atom. The summed E-state index contributed by atoms with van der Waals surface area (Å²) in [7, 11) is 0. The molecule has 2 aromatic rings. The highest BCUT2D eigenvalue weighted by Crippen LogP contribution is 2.40. The normalized spacial score (nSPS) is 15.3. The lowest BCUT2D eigenvalue weighted by atomic mass is 9.83. The predicted octanol–water partition coefficient (Wildman–Crippen LogP) is 3.97. The summed E-state index contributed by atoms with van der Waals surface area (Å²) in [4.78, 5) is 25.2. The van der Waals surface area contributed by atoms with Gasteiger partial charge in [0.2, 0.25) is 5.88 Å². The number of amides is 1. The number of nitriles is 1. The van der Waals surface area contributed by atoms with Crippen LogP contribution in [0.15, 0.2) is 65.3 Å². The first-order chi connectivity index (χ1) is 16.3. The van der Waals surface area contributed by atoms with Gasteiger partial charge in [-0.3, -0.25) is 4.79 Å². The molecule has 0 spiro atoms. The van der Waals surface area contributed by atoms with E-state index in [9.17, 15) is 14.9 Å². The molecule has 0 bridgehead atoms. The third kappa shape index (κ3) is 5.21. The minimum Gasteiger partial charge on any atom is -0.484 e. The Kier molecular flexibility index (Phi) is 7.59. The van der Waals surface area contributed by atoms with E-state index >= 15 is 0 Å². The van der Waals surface area contributed by atoms with Crippen LogP contribution in [0.2, 0.25) is 0 Å². The Morgan fingerprint density at radius 1 is 1.15 bits per heavy atom. The third-order valence-electron chi connectivity index (χ3n) is 5.41. The molecule has 8 nitrogen and oxygen atoms in total. The third-order valence-corrected chi connectivity index (χ3v) is 5.41. The zero-order chi connectivity index (χ0) is 24.8. The number of ether oxygens (including phenoxy) is 3. The van der Waals surface area contributed by atoms with E-state index in [4.69, 9.17) is 19.9 Å². The van der Waals surface area contributed by atoms with Gasteiger partial charge in [0.15, 0.2) is 6.61 Å². The van der Waals surface area contributed by atoms with E-state index in [1.165, 1.54) is 0 Å². The van der Waals surface area contributed by atoms with Crippen LogP contribution in [0.5, 0.6) is 5.75 Å². The maximum absolute atomic E-state index is 12.7. The Labute approximate surface area is 198 Å². The summed E-state index contributed by atoms with van der Waals surface area (Å²) in [5.41, 5.74) is 9.48. The van der Waals surface area contributed by atoms with E-state index in [1.54, 1.807) is 38.1 Å². The first-order valence-corrected chi connectivity index (χ1v) is 10.8. The fourth-order valence-corrected chi connectivity index (χ4v) is 3.81. The highest BCUT2D eigenvalue weighted by Gasteiger charge is 2.36. The molecule has 1 aliphatic rings. The van der Waals surface area contributed by atoms with Gasteiger partial charge in [0.1, 0.15) is 23.2 Å². The molecule has 1 amide bonds. The van der Waals surface area contributed by atoms with Crippen molar-refractivity contribution in [1.82, 2.24) is 0 Å². The van der Waals surface area contributed by atoms with Crippen LogP contribution in [0.1, 0.15) is 36.5 Å². The molecule has 8 heteroatoms. The predicted molar refractivity (Wildman–Crippen MR) is 126 cm³/mol. The number of benzene rings is 2. The second-order valence-corrected chi connectivity index (χ2v) is 7.79. The summed E-state index contributed by atoms with van der Waals surface area (Å²) in [5.74, 6) is -1.10. The topological polar surface area (TPSA) is 124 Å². The molecule has 2 aromatic carbocycles. The second-order valence-electron chi connectivity index (χ2n) is 7.79. The summed E-state index contributed by atoms with van der Waals surface area (Å²) in [6, 6.07) is 14.6. The maximum atomic E-state index is 12.7. The molecule has 34 heavy (non-hydrogen) atoms. The zero-order valence-corrected chi connectivity index (χ0v) is 19.6. The molecule has 0 saturated carbocycles. The molecular weight excluding hydrogens is 434 g/mol. The monoisotopic (exact) mass is 461 g/mol. The SMILES string of the molecule is CCOC(=O)C1=C(C)OC(N)=C(C#N)C1c1cccc(OCC(=O)Nc2c(C)cccc2C)c1. The van der Waals surface area contributed by atoms with Crippen molar-refractivity contribution in [3.05, 3.63) is 81.9 Å². The number of carbonyl (C=O) groups excluding carboxylic acids is 2. The number of anilines is 1. The number of hydrogen-bond acceptors (Lipinski definition) is 7. The van der Waals surface area contributed by atoms with Crippen molar-refractivity contribution in [2.24, 2.45) is 5.73 Å². The van der Waals surface area contributed by atoms with Gasteiger partial charge in [0, 0.05) is 5.69 Å². The lowest BCUT2D eigenvalue weighted by molar-refractivity contribution is -0.139. The van der Waals surface area contributed by atoms with Gasteiger partial charge in [0.05, 0.1) is 18.1 Å². The van der Waals surface area contributed by atoms with Gasteiger partial charge in [-0.15, -0.1) is 0 Å². The number of rotatable bonds is 7. The molecule has 0 radical (unpaired) electrons. The Hall–Kier alpha value is -4.25. The number of carbonyl (C=O) groups is 2. The molecule has 0 saturated heterocycles. The lowest BCUT2D eigenvalue weighted by Crippen LogP contribution is -2.25. The Bertz CT molecular complexity index is 1200. The molecule has 0 aliphatic carbocycles. The number of aryl methyl sites for hydroxylation is 2. The van der Waals surface area contributed by atoms with Gasteiger partial charge >= 0.3 is 5.97 Å². The molecular formula is C26H27N3O5. The summed E-state index contributed by atoms with van der Waals surface area (Å²) < 4.78 is 16.3. The smallest absolute Gasteiger partial charge is 0.338 e. The van der Waals surface area contributed by atoms with Crippen LogP contribution in [0.25, 0.3) is 0 Å². The van der Waals surface area contributed by atoms with E-state index < -0.39 is 11.9 Å². The summed E-state index contributed by atoms with van der Waals surface area (Å²) in [6.45, 7) is 7.08. The molecule has 0 aromatic heterocycles. The molecule has 1 atom stereocenters. The van der Waals surface area contributed by atoms with Crippen molar-refractivity contribution in [2.45, 2.75) is 33.6 Å². The first kappa shape index (κ1) is 24.4. The fourth-order valence-electron chi connectivity index (χ4n) is 3.81. The average molecular weight is 462 g/mol. The van der Waals surface area contributed by atoms with Crippen molar-refractivity contribution in [3.63, 3.8) is 0 Å². The number of nitrogens with two attached hydrogens (primary N) is 1. The van der Waals surface area contributed by atoms with Gasteiger partial charge in [-0.1, -0.05) is 30.3 Å². The molecule has 1 unspecified atom stereocenters. The van der Waals surface area contributed by atoms with Gasteiger partial charge < -0.3 is 25.3 Å². The van der Waals surface area contributed by atoms with Crippen LogP contribution < -0.4 is 15.8 Å². The van der Waals surface area contributed by atoms with Crippen LogP contribution in [0, 0.1) is 25.2 Å². The van der Waals surface area contributed by atoms with Crippen molar-refractivity contribution < 1.29 is 23.8 Å². The number of nitrogens with zero attached hydrogens (tertiary/aromatic N) is 1. The summed E-state index contributed by atoms with van der Waals surface area (Å²) in [5, 5.41) is 12.6. The van der Waals surface area contributed by atoms with Gasteiger partial charge in [0.25, 0.3) is 5.91 Å². The van der Waals surface area contributed by atoms with E-state index in [1.807, 2.05) is 38.1 Å². The highest BCUT2D eigenvalue weighted by molar-refractivity contribution is 5.93. The summed E-state index contributed by atoms with van der Waals surface area (Å²) in [6.07, 6.45) is 0. The van der Waals surface area contributed by atoms with Crippen LogP contribution in [-0.4, -0.2) is 25.1 Å². The molecule has 176 valence electrons. The molecule has 3 N–H and O–H groups in total. The van der Waals surface area contributed by atoms with Gasteiger partial charge in [-0.2, -0.15) is 5.26 Å². The zero-order valence-electron chi connectivity index (χ0n) is 19.6. The average Bonchev–Trinajstić information content (AvgIpc) is 2.80. The van der Waals surface area contributed by atoms with E-state index in [-0.39, 0.29) is 41.9 Å². The Balaban J connectivity index is 1.84. The number of hydrogen-bond donors (Lipinski definition) is 2. The van der Waals surface area contributed by atoms with E-state index in [2.05, 4.69) is 5.32 Å². The van der Waals surface area contributed by atoms with Crippen molar-refractivity contribution in [2.75, 3.05) is 18.5 Å². The second kappa shape index (κ2) is 10.6. The van der Waals surface area contributed by atoms with Crippen LogP contribution >= 0.6 is 0 Å². The molecule has 3 rings (SSSR count). The van der Waals surface area contributed by atoms with Gasteiger partial charge in [-0.05, 0) is 56.5 Å². The maximum Gasteiger partial charge on any atom is 0.338 e. The summed E-state index contributed by atoms with van der Waals surface area (Å²) >= 11 is 0. The van der Waals surface area contributed by atoms with Crippen LogP contribution in [0.3, 0.4) is 0 Å². The fraction of sp³-hybridized carbons (Fsp3) is 0.269. The lowest BCUT2D eigenvalue weighted by Gasteiger charge is -2.27. The molecule has 0 fully saturated rings. The van der Waals surface area contributed by atoms with Crippen molar-refractivity contribution >= 4 is 17.6 Å². The number of para-hydroxylation sites is 1. The van der Waals surface area contributed by atoms with E-state index in [0.717, 1.165) is 16.8 Å². The minimum absolute atomic E-state index is 0.0719. The van der Waals surface area contributed by atoms with Crippen molar-refractivity contribution in [1.29, 1.82) is 5.26 Å². The van der Waals surface area contributed by atoms with Crippen molar-refractivity contribution in [3.8, 4) is 11.8 Å². The highest BCUT2D eigenvalue weighted by atomic mass is 16.5. The quantitative estimate of drug-likeness (QED) is 0.598. The number of esters is 1. The number of nitrogens with one attached hydrogen (secondary N) is 1. The van der Waals surface area contributed by atoms with Gasteiger partial charge in [-0.25, -0.2) is 4.79 Å². The largest absolute Gasteiger partial charge is 0.484 e.